The van der Waals surface area contributed by atoms with Crippen LogP contribution in [0.5, 0.6) is 5.75 Å². The number of anilines is 1. The summed E-state index contributed by atoms with van der Waals surface area (Å²) in [6, 6.07) is 16.1. The fourth-order valence-corrected chi connectivity index (χ4v) is 3.71. The third kappa shape index (κ3) is 4.51. The Morgan fingerprint density at radius 1 is 1.12 bits per heavy atom. The molecule has 138 valence electrons. The summed E-state index contributed by atoms with van der Waals surface area (Å²) in [7, 11) is -3.95. The lowest BCUT2D eigenvalue weighted by Gasteiger charge is -2.27. The highest BCUT2D eigenvalue weighted by Gasteiger charge is 2.37. The second kappa shape index (κ2) is 7.73. The number of amides is 1. The van der Waals surface area contributed by atoms with Crippen molar-refractivity contribution < 1.29 is 23.1 Å². The summed E-state index contributed by atoms with van der Waals surface area (Å²) in [6.45, 7) is 0.225. The fraction of sp³-hybridized carbons (Fsp3) is 0.235. The van der Waals surface area contributed by atoms with Crippen LogP contribution in [0.25, 0.3) is 0 Å². The molecule has 1 saturated heterocycles. The molecule has 1 aliphatic rings. The standard InChI is InChI=1S/C17H19N3O5S/c21-16-15(10-18-17(22)19-16)26(23,24)20-13-6-8-14(9-7-13)25-11-12-4-2-1-3-5-12/h1-9,15,17-18,20,22H,10-11H2,(H,19,21). The summed E-state index contributed by atoms with van der Waals surface area (Å²) in [5.41, 5.74) is 1.34. The number of benzene rings is 2. The molecule has 3 rings (SSSR count). The zero-order valence-corrected chi connectivity index (χ0v) is 14.6. The van der Waals surface area contributed by atoms with Gasteiger partial charge in [0, 0.05) is 12.2 Å². The van der Waals surface area contributed by atoms with Gasteiger partial charge in [0.25, 0.3) is 0 Å². The molecule has 1 amide bonds. The first-order chi connectivity index (χ1) is 12.4. The van der Waals surface area contributed by atoms with Crippen molar-refractivity contribution in [3.8, 4) is 5.75 Å². The van der Waals surface area contributed by atoms with Crippen molar-refractivity contribution in [2.45, 2.75) is 18.2 Å². The molecule has 0 spiro atoms. The van der Waals surface area contributed by atoms with Gasteiger partial charge in [-0.1, -0.05) is 30.3 Å². The average Bonchev–Trinajstić information content (AvgIpc) is 2.61. The van der Waals surface area contributed by atoms with Crippen LogP contribution in [-0.2, 0) is 21.4 Å². The van der Waals surface area contributed by atoms with E-state index >= 15 is 0 Å². The lowest BCUT2D eigenvalue weighted by atomic mass is 10.2. The number of nitrogens with one attached hydrogen (secondary N) is 3. The van der Waals surface area contributed by atoms with Crippen LogP contribution < -0.4 is 20.1 Å². The molecule has 26 heavy (non-hydrogen) atoms. The number of aliphatic hydroxyl groups excluding tert-OH is 1. The van der Waals surface area contributed by atoms with Gasteiger partial charge in [-0.05, 0) is 29.8 Å². The zero-order valence-electron chi connectivity index (χ0n) is 13.8. The summed E-state index contributed by atoms with van der Waals surface area (Å²) < 4.78 is 32.7. The summed E-state index contributed by atoms with van der Waals surface area (Å²) in [5, 5.41) is 12.5. The van der Waals surface area contributed by atoms with Gasteiger partial charge in [-0.3, -0.25) is 14.8 Å². The number of aliphatic hydroxyl groups is 1. The zero-order chi connectivity index (χ0) is 18.6. The van der Waals surface area contributed by atoms with Gasteiger partial charge in [-0.25, -0.2) is 8.42 Å². The second-order valence-corrected chi connectivity index (χ2v) is 7.62. The van der Waals surface area contributed by atoms with Gasteiger partial charge in [0.05, 0.1) is 0 Å². The summed E-state index contributed by atoms with van der Waals surface area (Å²) in [5.74, 6) is -0.163. The van der Waals surface area contributed by atoms with E-state index in [2.05, 4.69) is 15.4 Å². The highest BCUT2D eigenvalue weighted by Crippen LogP contribution is 2.19. The molecule has 0 radical (unpaired) electrons. The molecular formula is C17H19N3O5S. The van der Waals surface area contributed by atoms with Crippen molar-refractivity contribution in [3.05, 3.63) is 60.2 Å². The van der Waals surface area contributed by atoms with E-state index in [4.69, 9.17) is 4.74 Å². The first-order valence-corrected chi connectivity index (χ1v) is 9.49. The van der Waals surface area contributed by atoms with Gasteiger partial charge < -0.3 is 15.2 Å². The van der Waals surface area contributed by atoms with Crippen molar-refractivity contribution in [1.82, 2.24) is 10.6 Å². The highest BCUT2D eigenvalue weighted by atomic mass is 32.2. The van der Waals surface area contributed by atoms with Gasteiger partial charge in [0.2, 0.25) is 15.9 Å². The van der Waals surface area contributed by atoms with E-state index < -0.39 is 27.5 Å². The maximum atomic E-state index is 12.3. The minimum absolute atomic E-state index is 0.180. The van der Waals surface area contributed by atoms with Crippen LogP contribution in [0.4, 0.5) is 5.69 Å². The predicted octanol–water partition coefficient (Wildman–Crippen LogP) is 0.371. The molecule has 1 fully saturated rings. The summed E-state index contributed by atoms with van der Waals surface area (Å²) in [6.07, 6.45) is -1.24. The Labute approximate surface area is 151 Å². The topological polar surface area (TPSA) is 117 Å². The van der Waals surface area contributed by atoms with Crippen molar-refractivity contribution in [1.29, 1.82) is 0 Å². The first kappa shape index (κ1) is 18.2. The fourth-order valence-electron chi connectivity index (χ4n) is 2.44. The van der Waals surface area contributed by atoms with E-state index in [0.29, 0.717) is 18.0 Å². The number of hydrogen-bond donors (Lipinski definition) is 4. The van der Waals surface area contributed by atoms with Gasteiger partial charge in [-0.2, -0.15) is 0 Å². The van der Waals surface area contributed by atoms with E-state index in [-0.39, 0.29) is 6.54 Å². The molecular weight excluding hydrogens is 358 g/mol. The summed E-state index contributed by atoms with van der Waals surface area (Å²) >= 11 is 0. The van der Waals surface area contributed by atoms with Gasteiger partial charge in [-0.15, -0.1) is 0 Å². The predicted molar refractivity (Wildman–Crippen MR) is 95.7 cm³/mol. The van der Waals surface area contributed by atoms with Crippen LogP contribution in [0.15, 0.2) is 54.6 Å². The van der Waals surface area contributed by atoms with E-state index in [1.165, 1.54) is 0 Å². The van der Waals surface area contributed by atoms with Crippen molar-refractivity contribution in [2.24, 2.45) is 0 Å². The third-order valence-electron chi connectivity index (χ3n) is 3.81. The van der Waals surface area contributed by atoms with Crippen LogP contribution >= 0.6 is 0 Å². The Kier molecular flexibility index (Phi) is 5.40. The third-order valence-corrected chi connectivity index (χ3v) is 5.46. The number of hydrogen-bond acceptors (Lipinski definition) is 6. The van der Waals surface area contributed by atoms with Crippen LogP contribution in [0.3, 0.4) is 0 Å². The van der Waals surface area contributed by atoms with Crippen LogP contribution in [0.1, 0.15) is 5.56 Å². The molecule has 2 atom stereocenters. The molecule has 0 bridgehead atoms. The van der Waals surface area contributed by atoms with E-state index in [1.54, 1.807) is 24.3 Å². The molecule has 2 aromatic carbocycles. The van der Waals surface area contributed by atoms with Crippen molar-refractivity contribution >= 4 is 21.6 Å². The number of sulfonamides is 1. The minimum atomic E-state index is -3.95. The Bertz CT molecular complexity index is 856. The van der Waals surface area contributed by atoms with E-state index in [9.17, 15) is 18.3 Å². The summed E-state index contributed by atoms with van der Waals surface area (Å²) in [4.78, 5) is 11.8. The molecule has 0 saturated carbocycles. The molecule has 0 aromatic heterocycles. The largest absolute Gasteiger partial charge is 0.489 e. The van der Waals surface area contributed by atoms with Gasteiger partial charge in [0.15, 0.2) is 11.6 Å². The Balaban J connectivity index is 1.60. The average molecular weight is 377 g/mol. The van der Waals surface area contributed by atoms with Crippen LogP contribution in [0.2, 0.25) is 0 Å². The Hall–Kier alpha value is -2.62. The SMILES string of the molecule is O=C1NC(O)NCC1S(=O)(=O)Nc1ccc(OCc2ccccc2)cc1. The first-order valence-electron chi connectivity index (χ1n) is 7.94. The number of rotatable bonds is 6. The number of carbonyl (C=O) groups excluding carboxylic acids is 1. The van der Waals surface area contributed by atoms with E-state index in [0.717, 1.165) is 5.56 Å². The monoisotopic (exact) mass is 377 g/mol. The van der Waals surface area contributed by atoms with Crippen LogP contribution in [-0.4, -0.2) is 37.6 Å². The minimum Gasteiger partial charge on any atom is -0.489 e. The normalized spacial score (nSPS) is 20.3. The van der Waals surface area contributed by atoms with Crippen LogP contribution in [0, 0.1) is 0 Å². The Morgan fingerprint density at radius 3 is 2.46 bits per heavy atom. The van der Waals surface area contributed by atoms with Gasteiger partial charge in [0.1, 0.15) is 12.4 Å². The molecule has 0 aliphatic carbocycles. The lowest BCUT2D eigenvalue weighted by molar-refractivity contribution is -0.126. The molecule has 4 N–H and O–H groups in total. The second-order valence-electron chi connectivity index (χ2n) is 5.75. The molecule has 8 nitrogen and oxygen atoms in total. The molecule has 1 aliphatic heterocycles. The maximum Gasteiger partial charge on any atom is 0.246 e. The molecule has 9 heteroatoms. The molecule has 2 aromatic rings. The number of ether oxygens (including phenoxy) is 1. The number of carbonyl (C=O) groups is 1. The smallest absolute Gasteiger partial charge is 0.246 e. The van der Waals surface area contributed by atoms with Gasteiger partial charge >= 0.3 is 0 Å². The maximum absolute atomic E-state index is 12.3. The quantitative estimate of drug-likeness (QED) is 0.578. The molecule has 2 unspecified atom stereocenters. The van der Waals surface area contributed by atoms with E-state index in [1.807, 2.05) is 30.3 Å². The lowest BCUT2D eigenvalue weighted by Crippen LogP contribution is -2.61. The Morgan fingerprint density at radius 2 is 1.81 bits per heavy atom. The highest BCUT2D eigenvalue weighted by molar-refractivity contribution is 7.94. The van der Waals surface area contributed by atoms with Crippen molar-refractivity contribution in [3.63, 3.8) is 0 Å². The van der Waals surface area contributed by atoms with Crippen molar-refractivity contribution in [2.75, 3.05) is 11.3 Å². The molecule has 1 heterocycles.